The highest BCUT2D eigenvalue weighted by molar-refractivity contribution is 5.94. The van der Waals surface area contributed by atoms with Gasteiger partial charge in [0.15, 0.2) is 0 Å². The summed E-state index contributed by atoms with van der Waals surface area (Å²) in [5.74, 6) is 0.0997. The first kappa shape index (κ1) is 15.0. The van der Waals surface area contributed by atoms with Crippen LogP contribution in [0.25, 0.3) is 0 Å². The molecule has 1 atom stereocenters. The van der Waals surface area contributed by atoms with Gasteiger partial charge in [0, 0.05) is 18.2 Å². The molecule has 110 valence electrons. The monoisotopic (exact) mass is 275 g/mol. The summed E-state index contributed by atoms with van der Waals surface area (Å²) in [6, 6.07) is 7.75. The van der Waals surface area contributed by atoms with Gasteiger partial charge in [-0.15, -0.1) is 0 Å². The molecule has 2 rings (SSSR count). The summed E-state index contributed by atoms with van der Waals surface area (Å²) >= 11 is 0. The zero-order valence-electron chi connectivity index (χ0n) is 12.7. The number of nitrogens with zero attached hydrogens (tertiary/aromatic N) is 1. The van der Waals surface area contributed by atoms with Gasteiger partial charge < -0.3 is 10.0 Å². The molecule has 1 unspecified atom stereocenters. The SMILES string of the molecule is CCC1CCCCN1C(=O)c1cccc(C(C)(C)O)c1. The summed E-state index contributed by atoms with van der Waals surface area (Å²) in [5.41, 5.74) is 0.556. The summed E-state index contributed by atoms with van der Waals surface area (Å²) < 4.78 is 0. The molecular weight excluding hydrogens is 250 g/mol. The first-order valence-electron chi connectivity index (χ1n) is 7.57. The van der Waals surface area contributed by atoms with Crippen molar-refractivity contribution in [3.63, 3.8) is 0 Å². The second kappa shape index (κ2) is 5.96. The molecule has 1 aromatic rings. The van der Waals surface area contributed by atoms with Crippen molar-refractivity contribution in [2.75, 3.05) is 6.54 Å². The molecule has 0 aromatic heterocycles. The lowest BCUT2D eigenvalue weighted by atomic mass is 9.95. The molecule has 1 saturated heterocycles. The number of piperidine rings is 1. The Bertz CT molecular complexity index is 476. The van der Waals surface area contributed by atoms with E-state index in [1.165, 1.54) is 6.42 Å². The normalized spacial score (nSPS) is 20.0. The first-order chi connectivity index (χ1) is 9.43. The number of benzene rings is 1. The zero-order valence-corrected chi connectivity index (χ0v) is 12.7. The highest BCUT2D eigenvalue weighted by atomic mass is 16.3. The smallest absolute Gasteiger partial charge is 0.254 e. The average Bonchev–Trinajstić information content (AvgIpc) is 2.45. The zero-order chi connectivity index (χ0) is 14.8. The van der Waals surface area contributed by atoms with E-state index in [4.69, 9.17) is 0 Å². The molecule has 1 N–H and O–H groups in total. The van der Waals surface area contributed by atoms with E-state index >= 15 is 0 Å². The van der Waals surface area contributed by atoms with E-state index in [2.05, 4.69) is 6.92 Å². The van der Waals surface area contributed by atoms with Crippen molar-refractivity contribution in [1.29, 1.82) is 0 Å². The van der Waals surface area contributed by atoms with Gasteiger partial charge in [0.25, 0.3) is 5.91 Å². The van der Waals surface area contributed by atoms with Crippen LogP contribution in [-0.4, -0.2) is 28.5 Å². The van der Waals surface area contributed by atoms with Crippen molar-refractivity contribution in [2.45, 2.75) is 58.1 Å². The molecule has 1 amide bonds. The van der Waals surface area contributed by atoms with Crippen molar-refractivity contribution in [1.82, 2.24) is 4.90 Å². The Kier molecular flexibility index (Phi) is 4.48. The summed E-state index contributed by atoms with van der Waals surface area (Å²) in [6.45, 7) is 6.48. The highest BCUT2D eigenvalue weighted by Crippen LogP contribution is 2.24. The third-order valence-electron chi connectivity index (χ3n) is 4.18. The molecule has 1 aliphatic heterocycles. The van der Waals surface area contributed by atoms with Gasteiger partial charge in [0.1, 0.15) is 0 Å². The molecule has 0 spiro atoms. The quantitative estimate of drug-likeness (QED) is 0.919. The average molecular weight is 275 g/mol. The molecule has 0 bridgehead atoms. The van der Waals surface area contributed by atoms with Crippen LogP contribution < -0.4 is 0 Å². The molecule has 1 aromatic carbocycles. The molecule has 0 saturated carbocycles. The second-order valence-electron chi connectivity index (χ2n) is 6.20. The third kappa shape index (κ3) is 3.21. The van der Waals surface area contributed by atoms with Gasteiger partial charge in [-0.2, -0.15) is 0 Å². The van der Waals surface area contributed by atoms with Crippen LogP contribution in [0.5, 0.6) is 0 Å². The van der Waals surface area contributed by atoms with E-state index in [0.717, 1.165) is 31.4 Å². The van der Waals surface area contributed by atoms with Gasteiger partial charge in [0.05, 0.1) is 5.60 Å². The van der Waals surface area contributed by atoms with Gasteiger partial charge in [-0.1, -0.05) is 19.1 Å². The van der Waals surface area contributed by atoms with Crippen LogP contribution in [-0.2, 0) is 5.60 Å². The van der Waals surface area contributed by atoms with Gasteiger partial charge in [-0.25, -0.2) is 0 Å². The molecule has 0 radical (unpaired) electrons. The number of hydrogen-bond acceptors (Lipinski definition) is 2. The van der Waals surface area contributed by atoms with Crippen LogP contribution in [0.3, 0.4) is 0 Å². The van der Waals surface area contributed by atoms with E-state index in [-0.39, 0.29) is 5.91 Å². The lowest BCUT2D eigenvalue weighted by molar-refractivity contribution is 0.0606. The topological polar surface area (TPSA) is 40.5 Å². The van der Waals surface area contributed by atoms with E-state index in [1.807, 2.05) is 29.2 Å². The lowest BCUT2D eigenvalue weighted by Gasteiger charge is -2.35. The number of likely N-dealkylation sites (tertiary alicyclic amines) is 1. The molecule has 3 nitrogen and oxygen atoms in total. The molecule has 3 heteroatoms. The Morgan fingerprint density at radius 1 is 1.40 bits per heavy atom. The van der Waals surface area contributed by atoms with Crippen molar-refractivity contribution >= 4 is 5.91 Å². The number of hydrogen-bond donors (Lipinski definition) is 1. The van der Waals surface area contributed by atoms with Gasteiger partial charge in [-0.3, -0.25) is 4.79 Å². The van der Waals surface area contributed by atoms with Crippen LogP contribution in [0, 0.1) is 0 Å². The van der Waals surface area contributed by atoms with E-state index < -0.39 is 5.60 Å². The number of rotatable bonds is 3. The Morgan fingerprint density at radius 3 is 2.80 bits per heavy atom. The molecule has 1 fully saturated rings. The summed E-state index contributed by atoms with van der Waals surface area (Å²) in [5, 5.41) is 10.1. The molecular formula is C17H25NO2. The maximum atomic E-state index is 12.7. The second-order valence-corrected chi connectivity index (χ2v) is 6.20. The molecule has 1 heterocycles. The van der Waals surface area contributed by atoms with Gasteiger partial charge in [0.2, 0.25) is 0 Å². The van der Waals surface area contributed by atoms with Crippen molar-refractivity contribution in [3.05, 3.63) is 35.4 Å². The van der Waals surface area contributed by atoms with Gasteiger partial charge in [-0.05, 0) is 57.2 Å². The number of carbonyl (C=O) groups excluding carboxylic acids is 1. The van der Waals surface area contributed by atoms with E-state index in [0.29, 0.717) is 11.6 Å². The first-order valence-corrected chi connectivity index (χ1v) is 7.57. The Hall–Kier alpha value is -1.35. The fourth-order valence-electron chi connectivity index (χ4n) is 2.89. The van der Waals surface area contributed by atoms with Crippen molar-refractivity contribution < 1.29 is 9.90 Å². The van der Waals surface area contributed by atoms with Crippen LogP contribution in [0.1, 0.15) is 62.4 Å². The standard InChI is InChI=1S/C17H25NO2/c1-4-15-10-5-6-11-18(15)16(19)13-8-7-9-14(12-13)17(2,3)20/h7-9,12,15,20H,4-6,10-11H2,1-3H3. The predicted molar refractivity (Wildman–Crippen MR) is 80.7 cm³/mol. The summed E-state index contributed by atoms with van der Waals surface area (Å²) in [6.07, 6.45) is 4.42. The fourth-order valence-corrected chi connectivity index (χ4v) is 2.89. The number of carbonyl (C=O) groups is 1. The maximum Gasteiger partial charge on any atom is 0.254 e. The van der Waals surface area contributed by atoms with Crippen LogP contribution in [0.2, 0.25) is 0 Å². The number of aliphatic hydroxyl groups is 1. The van der Waals surface area contributed by atoms with Crippen LogP contribution in [0.4, 0.5) is 0 Å². The minimum absolute atomic E-state index is 0.0997. The lowest BCUT2D eigenvalue weighted by Crippen LogP contribution is -2.43. The Balaban J connectivity index is 2.24. The number of amides is 1. The summed E-state index contributed by atoms with van der Waals surface area (Å²) in [7, 11) is 0. The molecule has 20 heavy (non-hydrogen) atoms. The van der Waals surface area contributed by atoms with Crippen LogP contribution >= 0.6 is 0 Å². The molecule has 0 aliphatic carbocycles. The Labute approximate surface area is 121 Å². The minimum atomic E-state index is -0.914. The fraction of sp³-hybridized carbons (Fsp3) is 0.588. The van der Waals surface area contributed by atoms with Crippen molar-refractivity contribution in [3.8, 4) is 0 Å². The van der Waals surface area contributed by atoms with Crippen molar-refractivity contribution in [2.24, 2.45) is 0 Å². The summed E-state index contributed by atoms with van der Waals surface area (Å²) in [4.78, 5) is 14.7. The largest absolute Gasteiger partial charge is 0.386 e. The molecule has 1 aliphatic rings. The van der Waals surface area contributed by atoms with Crippen LogP contribution in [0.15, 0.2) is 24.3 Å². The predicted octanol–water partition coefficient (Wildman–Crippen LogP) is 3.32. The van der Waals surface area contributed by atoms with E-state index in [9.17, 15) is 9.90 Å². The highest BCUT2D eigenvalue weighted by Gasteiger charge is 2.27. The minimum Gasteiger partial charge on any atom is -0.386 e. The maximum absolute atomic E-state index is 12.7. The third-order valence-corrected chi connectivity index (χ3v) is 4.18. The van der Waals surface area contributed by atoms with Gasteiger partial charge >= 0.3 is 0 Å². The van der Waals surface area contributed by atoms with E-state index in [1.54, 1.807) is 13.8 Å². The Morgan fingerprint density at radius 2 is 2.15 bits per heavy atom.